The SMILES string of the molecule is CC(C)(C)c1cc(-c2nc(-c3cc(C(C)(C)C)cc(C(C)(C)C)c3)nc(-c3ccc(-n4c5ccccc5c5cc6c(cc54)C(C)(C)c4ccccc4-6)c(-c4nc(-c5ccccc5)nc(-c5ccccc5)n4)c3)n2)cc(C(C)(C)C)c1. The number of nitrogens with zero attached hydrogens (tertiary/aromatic N) is 7. The van der Waals surface area contributed by atoms with Crippen LogP contribution < -0.4 is 0 Å². The molecule has 7 heteroatoms. The molecule has 80 heavy (non-hydrogen) atoms. The molecule has 0 amide bonds. The number of rotatable bonds is 7. The normalized spacial score (nSPS) is 13.5. The van der Waals surface area contributed by atoms with E-state index in [1.165, 1.54) is 55.3 Å². The standard InChI is InChI=1S/C73H71N7/c1-69(2,3)49-35-47(36-50(40-49)70(4,5)6)66-75-65(76-67(77-66)48-37-51(71(7,8)9)41-52(38-48)72(10,11)12)46-33-34-61(57(39-46)68-78-63(44-25-17-15-18-26-44)74-64(79-68)45-27-19-16-20-28-45)80-60-32-24-22-30-54(60)56-42-55-53-29-21-23-31-58(53)73(13,14)59(55)43-62(56)80/h15-43H,1-14H3. The summed E-state index contributed by atoms with van der Waals surface area (Å²) in [7, 11) is 0. The number of hydrogen-bond donors (Lipinski definition) is 0. The van der Waals surface area contributed by atoms with Crippen LogP contribution in [-0.2, 0) is 27.1 Å². The van der Waals surface area contributed by atoms with E-state index in [0.717, 1.165) is 50.1 Å². The zero-order chi connectivity index (χ0) is 56.3. The van der Waals surface area contributed by atoms with E-state index in [-0.39, 0.29) is 27.1 Å². The number of hydrogen-bond acceptors (Lipinski definition) is 6. The molecular formula is C73H71N7. The molecule has 0 atom stereocenters. The van der Waals surface area contributed by atoms with Crippen molar-refractivity contribution in [2.45, 2.75) is 124 Å². The molecular weight excluding hydrogens is 975 g/mol. The van der Waals surface area contributed by atoms with Crippen molar-refractivity contribution in [3.05, 3.63) is 209 Å². The van der Waals surface area contributed by atoms with Crippen molar-refractivity contribution in [1.29, 1.82) is 0 Å². The molecule has 0 radical (unpaired) electrons. The van der Waals surface area contributed by atoms with E-state index in [0.29, 0.717) is 34.9 Å². The van der Waals surface area contributed by atoms with Gasteiger partial charge < -0.3 is 4.57 Å². The predicted octanol–water partition coefficient (Wildman–Crippen LogP) is 18.7. The second-order valence-corrected chi connectivity index (χ2v) is 26.6. The Morgan fingerprint density at radius 3 is 1.23 bits per heavy atom. The highest BCUT2D eigenvalue weighted by Crippen LogP contribution is 2.51. The summed E-state index contributed by atoms with van der Waals surface area (Å²) in [4.78, 5) is 32.6. The van der Waals surface area contributed by atoms with Crippen LogP contribution in [0.4, 0.5) is 0 Å². The predicted molar refractivity (Wildman–Crippen MR) is 333 cm³/mol. The van der Waals surface area contributed by atoms with E-state index in [1.807, 2.05) is 36.4 Å². The minimum Gasteiger partial charge on any atom is -0.308 e. The monoisotopic (exact) mass is 1050 g/mol. The Morgan fingerprint density at radius 1 is 0.300 bits per heavy atom. The van der Waals surface area contributed by atoms with Gasteiger partial charge in [-0.2, -0.15) is 0 Å². The van der Waals surface area contributed by atoms with Gasteiger partial charge in [0, 0.05) is 49.6 Å². The summed E-state index contributed by atoms with van der Waals surface area (Å²) >= 11 is 0. The van der Waals surface area contributed by atoms with Gasteiger partial charge in [-0.25, -0.2) is 29.9 Å². The number of para-hydroxylation sites is 1. The first-order valence-corrected chi connectivity index (χ1v) is 28.2. The summed E-state index contributed by atoms with van der Waals surface area (Å²) in [5.74, 6) is 3.47. The largest absolute Gasteiger partial charge is 0.308 e. The highest BCUT2D eigenvalue weighted by Gasteiger charge is 2.37. The number of aromatic nitrogens is 7. The van der Waals surface area contributed by atoms with Gasteiger partial charge in [0.15, 0.2) is 34.9 Å². The van der Waals surface area contributed by atoms with Crippen molar-refractivity contribution in [1.82, 2.24) is 34.5 Å². The van der Waals surface area contributed by atoms with Crippen molar-refractivity contribution in [3.63, 3.8) is 0 Å². The molecule has 0 fully saturated rings. The Morgan fingerprint density at radius 2 is 0.725 bits per heavy atom. The second-order valence-electron chi connectivity index (χ2n) is 26.6. The van der Waals surface area contributed by atoms with E-state index in [4.69, 9.17) is 29.9 Å². The van der Waals surface area contributed by atoms with E-state index >= 15 is 0 Å². The van der Waals surface area contributed by atoms with E-state index in [1.54, 1.807) is 0 Å². The summed E-state index contributed by atoms with van der Waals surface area (Å²) in [6.07, 6.45) is 0. The Labute approximate surface area is 472 Å². The van der Waals surface area contributed by atoms with Gasteiger partial charge in [0.05, 0.1) is 16.7 Å². The van der Waals surface area contributed by atoms with Crippen LogP contribution in [0, 0.1) is 0 Å². The summed E-state index contributed by atoms with van der Waals surface area (Å²) in [6, 6.07) is 63.3. The van der Waals surface area contributed by atoms with Crippen LogP contribution in [0.15, 0.2) is 176 Å². The molecule has 0 bridgehead atoms. The van der Waals surface area contributed by atoms with Gasteiger partial charge in [-0.15, -0.1) is 0 Å². The molecule has 0 spiro atoms. The first-order chi connectivity index (χ1) is 37.9. The number of fused-ring (bicyclic) bond motifs is 6. The molecule has 0 N–H and O–H groups in total. The summed E-state index contributed by atoms with van der Waals surface area (Å²) in [5, 5.41) is 2.34. The maximum atomic E-state index is 5.54. The maximum Gasteiger partial charge on any atom is 0.166 e. The Hall–Kier alpha value is -8.42. The van der Waals surface area contributed by atoms with Crippen LogP contribution in [0.1, 0.15) is 130 Å². The van der Waals surface area contributed by atoms with Crippen LogP contribution in [-0.4, -0.2) is 34.5 Å². The summed E-state index contributed by atoms with van der Waals surface area (Å²) in [5.41, 5.74) is 17.8. The molecule has 12 rings (SSSR count). The zero-order valence-corrected chi connectivity index (χ0v) is 48.9. The van der Waals surface area contributed by atoms with Gasteiger partial charge in [-0.05, 0) is 127 Å². The molecule has 1 aliphatic carbocycles. The maximum absolute atomic E-state index is 5.54. The van der Waals surface area contributed by atoms with Crippen LogP contribution in [0.2, 0.25) is 0 Å². The van der Waals surface area contributed by atoms with Crippen molar-refractivity contribution < 1.29 is 0 Å². The molecule has 8 aromatic carbocycles. The van der Waals surface area contributed by atoms with Crippen LogP contribution in [0.25, 0.3) is 107 Å². The summed E-state index contributed by atoms with van der Waals surface area (Å²) < 4.78 is 2.42. The van der Waals surface area contributed by atoms with E-state index < -0.39 is 0 Å². The zero-order valence-electron chi connectivity index (χ0n) is 48.9. The van der Waals surface area contributed by atoms with Gasteiger partial charge in [-0.1, -0.05) is 212 Å². The highest BCUT2D eigenvalue weighted by molar-refractivity contribution is 6.12. The Bertz CT molecular complexity index is 4020. The molecule has 0 saturated heterocycles. The summed E-state index contributed by atoms with van der Waals surface area (Å²) in [6.45, 7) is 32.0. The lowest BCUT2D eigenvalue weighted by Crippen LogP contribution is -2.17. The average molecular weight is 1050 g/mol. The fraction of sp³-hybridized carbons (Fsp3) is 0.260. The first kappa shape index (κ1) is 52.3. The van der Waals surface area contributed by atoms with Gasteiger partial charge in [-0.3, -0.25) is 0 Å². The lowest BCUT2D eigenvalue weighted by molar-refractivity contribution is 0.568. The quantitative estimate of drug-likeness (QED) is 0.158. The minimum atomic E-state index is -0.217. The topological polar surface area (TPSA) is 82.3 Å². The molecule has 398 valence electrons. The lowest BCUT2D eigenvalue weighted by atomic mass is 9.79. The Balaban J connectivity index is 1.18. The van der Waals surface area contributed by atoms with Gasteiger partial charge >= 0.3 is 0 Å². The van der Waals surface area contributed by atoms with E-state index in [2.05, 4.69) is 241 Å². The minimum absolute atomic E-state index is 0.129. The lowest BCUT2D eigenvalue weighted by Gasteiger charge is -2.26. The second kappa shape index (κ2) is 18.9. The van der Waals surface area contributed by atoms with Crippen molar-refractivity contribution >= 4 is 21.8 Å². The van der Waals surface area contributed by atoms with Gasteiger partial charge in [0.1, 0.15) is 0 Å². The molecule has 3 heterocycles. The molecule has 0 unspecified atom stereocenters. The molecule has 1 aliphatic rings. The molecule has 0 saturated carbocycles. The fourth-order valence-electron chi connectivity index (χ4n) is 11.4. The highest BCUT2D eigenvalue weighted by atomic mass is 15.1. The van der Waals surface area contributed by atoms with Crippen molar-refractivity contribution in [3.8, 4) is 85.1 Å². The third-order valence-corrected chi connectivity index (χ3v) is 16.3. The number of benzene rings is 8. The molecule has 0 aliphatic heterocycles. The third-order valence-electron chi connectivity index (χ3n) is 16.3. The van der Waals surface area contributed by atoms with Gasteiger partial charge in [0.2, 0.25) is 0 Å². The molecule has 7 nitrogen and oxygen atoms in total. The molecule has 11 aromatic rings. The molecule has 3 aromatic heterocycles. The van der Waals surface area contributed by atoms with Crippen LogP contribution in [0.5, 0.6) is 0 Å². The van der Waals surface area contributed by atoms with Gasteiger partial charge in [0.25, 0.3) is 0 Å². The van der Waals surface area contributed by atoms with Crippen molar-refractivity contribution in [2.75, 3.05) is 0 Å². The smallest absolute Gasteiger partial charge is 0.166 e. The average Bonchev–Trinajstić information content (AvgIpc) is 2.84. The Kier molecular flexibility index (Phi) is 12.3. The fourth-order valence-corrected chi connectivity index (χ4v) is 11.4. The van der Waals surface area contributed by atoms with Crippen molar-refractivity contribution in [2.24, 2.45) is 0 Å². The van der Waals surface area contributed by atoms with Crippen LogP contribution >= 0.6 is 0 Å². The van der Waals surface area contributed by atoms with E-state index in [9.17, 15) is 0 Å². The van der Waals surface area contributed by atoms with Crippen LogP contribution in [0.3, 0.4) is 0 Å². The first-order valence-electron chi connectivity index (χ1n) is 28.2. The third kappa shape index (κ3) is 9.40.